The summed E-state index contributed by atoms with van der Waals surface area (Å²) < 4.78 is 0. The third-order valence-electron chi connectivity index (χ3n) is 3.62. The third-order valence-corrected chi connectivity index (χ3v) is 3.62. The maximum atomic E-state index is 9.97. The number of benzene rings is 1. The summed E-state index contributed by atoms with van der Waals surface area (Å²) in [4.78, 5) is 0. The highest BCUT2D eigenvalue weighted by atomic mass is 16.3. The van der Waals surface area contributed by atoms with Crippen LogP contribution in [0, 0.1) is 0 Å². The molecule has 0 heterocycles. The molecule has 1 rings (SSSR count). The molecule has 22 heavy (non-hydrogen) atoms. The van der Waals surface area contributed by atoms with E-state index in [4.69, 9.17) is 0 Å². The van der Waals surface area contributed by atoms with Gasteiger partial charge >= 0.3 is 0 Å². The molecule has 1 radical (unpaired) electrons. The molecule has 1 aromatic carbocycles. The van der Waals surface area contributed by atoms with Crippen LogP contribution in [-0.2, 0) is 0 Å². The minimum Gasteiger partial charge on any atom is -0.508 e. The molecular weight excluding hydrogens is 269 g/mol. The Balaban J connectivity index is 3.01. The molecule has 2 nitrogen and oxygen atoms in total. The van der Waals surface area contributed by atoms with Gasteiger partial charge in [-0.05, 0) is 44.5 Å². The van der Waals surface area contributed by atoms with E-state index in [-0.39, 0.29) is 11.8 Å². The van der Waals surface area contributed by atoms with Gasteiger partial charge in [0.1, 0.15) is 5.75 Å². The summed E-state index contributed by atoms with van der Waals surface area (Å²) in [6.45, 7) is 20.0. The summed E-state index contributed by atoms with van der Waals surface area (Å²) in [5.41, 5.74) is 5.49. The van der Waals surface area contributed by atoms with Gasteiger partial charge in [0.05, 0.1) is 0 Å². The maximum absolute atomic E-state index is 9.97. The van der Waals surface area contributed by atoms with Crippen molar-refractivity contribution >= 4 is 18.4 Å². The van der Waals surface area contributed by atoms with Crippen molar-refractivity contribution < 1.29 is 5.11 Å². The minimum atomic E-state index is 0.123. The van der Waals surface area contributed by atoms with Crippen LogP contribution in [0.25, 0.3) is 11.2 Å². The normalized spacial score (nSPS) is 12.5. The molecule has 3 heteroatoms. The van der Waals surface area contributed by atoms with Crippen LogP contribution in [0.3, 0.4) is 0 Å². The quantitative estimate of drug-likeness (QED) is 0.572. The van der Waals surface area contributed by atoms with Gasteiger partial charge in [0, 0.05) is 17.3 Å². The zero-order chi connectivity index (χ0) is 16.9. The minimum absolute atomic E-state index is 0.123. The third kappa shape index (κ3) is 4.99. The fraction of sp³-hybridized carbons (Fsp3) is 0.263. The predicted molar refractivity (Wildman–Crippen MR) is 98.8 cm³/mol. The van der Waals surface area contributed by atoms with Crippen molar-refractivity contribution in [2.75, 3.05) is 0 Å². The van der Waals surface area contributed by atoms with Gasteiger partial charge in [0.25, 0.3) is 0 Å². The van der Waals surface area contributed by atoms with E-state index >= 15 is 0 Å². The van der Waals surface area contributed by atoms with Crippen molar-refractivity contribution in [2.24, 2.45) is 0 Å². The molecule has 1 unspecified atom stereocenters. The van der Waals surface area contributed by atoms with E-state index in [1.165, 1.54) is 0 Å². The highest BCUT2D eigenvalue weighted by Crippen LogP contribution is 2.25. The average Bonchev–Trinajstić information content (AvgIpc) is 2.45. The maximum Gasteiger partial charge on any atom is 0.184 e. The van der Waals surface area contributed by atoms with Gasteiger partial charge in [-0.2, -0.15) is 0 Å². The second-order valence-corrected chi connectivity index (χ2v) is 5.66. The van der Waals surface area contributed by atoms with Crippen molar-refractivity contribution in [3.63, 3.8) is 0 Å². The lowest BCUT2D eigenvalue weighted by molar-refractivity contribution is 0.475. The molecule has 1 aromatic rings. The highest BCUT2D eigenvalue weighted by molar-refractivity contribution is 6.67. The summed E-state index contributed by atoms with van der Waals surface area (Å²) >= 11 is 0. The molecule has 0 amide bonds. The fourth-order valence-electron chi connectivity index (χ4n) is 1.88. The largest absolute Gasteiger partial charge is 0.508 e. The smallest absolute Gasteiger partial charge is 0.184 e. The van der Waals surface area contributed by atoms with Gasteiger partial charge in [-0.15, -0.1) is 12.1 Å². The highest BCUT2D eigenvalue weighted by Gasteiger charge is 2.09. The van der Waals surface area contributed by atoms with Crippen molar-refractivity contribution in [1.82, 2.24) is 5.32 Å². The first-order valence-corrected chi connectivity index (χ1v) is 7.36. The van der Waals surface area contributed by atoms with Crippen molar-refractivity contribution in [3.05, 3.63) is 66.2 Å². The Bertz CT molecular complexity index is 628. The van der Waals surface area contributed by atoms with Crippen molar-refractivity contribution in [1.29, 1.82) is 0 Å². The number of hydrogen-bond donors (Lipinski definition) is 2. The van der Waals surface area contributed by atoms with E-state index in [1.807, 2.05) is 47.1 Å². The Labute approximate surface area is 135 Å². The average molecular weight is 294 g/mol. The Hall–Kier alpha value is -2.16. The summed E-state index contributed by atoms with van der Waals surface area (Å²) in [6, 6.07) is 5.50. The molecule has 0 fully saturated rings. The van der Waals surface area contributed by atoms with E-state index in [0.717, 1.165) is 33.3 Å². The number of allylic oxidation sites excluding steroid dienone is 2. The molecule has 115 valence electrons. The van der Waals surface area contributed by atoms with Crippen molar-refractivity contribution in [2.45, 2.75) is 33.7 Å². The van der Waals surface area contributed by atoms with E-state index < -0.39 is 0 Å². The Morgan fingerprint density at radius 1 is 1.18 bits per heavy atom. The lowest BCUT2D eigenvalue weighted by atomic mass is 9.61. The van der Waals surface area contributed by atoms with Gasteiger partial charge < -0.3 is 10.4 Å². The van der Waals surface area contributed by atoms with Gasteiger partial charge in [-0.3, -0.25) is 0 Å². The zero-order valence-corrected chi connectivity index (χ0v) is 14.0. The van der Waals surface area contributed by atoms with Crippen LogP contribution in [0.4, 0.5) is 0 Å². The predicted octanol–water partition coefficient (Wildman–Crippen LogP) is 4.52. The standard InChI is InChI=1S/C19H25BNO/c1-8-13(4)20-14(5)17-9-18(11-19(22)10-17)16(7)21-15(6)12(2)3/h8-11,15,21-22H,2,5,7H2,1,3-4,6H3/b13-8-. The zero-order valence-electron chi connectivity index (χ0n) is 14.0. The summed E-state index contributed by atoms with van der Waals surface area (Å²) in [5.74, 6) is 0.200. The molecule has 0 spiro atoms. The fourth-order valence-corrected chi connectivity index (χ4v) is 1.88. The van der Waals surface area contributed by atoms with Gasteiger partial charge in [-0.25, -0.2) is 0 Å². The van der Waals surface area contributed by atoms with Crippen LogP contribution in [0.2, 0.25) is 0 Å². The van der Waals surface area contributed by atoms with Gasteiger partial charge in [0.2, 0.25) is 0 Å². The molecule has 0 aliphatic rings. The number of rotatable bonds is 7. The number of phenolic OH excluding ortho intramolecular Hbond substituents is 1. The van der Waals surface area contributed by atoms with Crippen LogP contribution in [0.15, 0.2) is 55.1 Å². The van der Waals surface area contributed by atoms with Crippen LogP contribution < -0.4 is 5.32 Å². The lowest BCUT2D eigenvalue weighted by Gasteiger charge is -2.18. The molecule has 0 aliphatic carbocycles. The van der Waals surface area contributed by atoms with E-state index in [1.54, 1.807) is 12.1 Å². The number of aromatic hydroxyl groups is 1. The topological polar surface area (TPSA) is 32.3 Å². The van der Waals surface area contributed by atoms with Gasteiger partial charge in [0.15, 0.2) is 7.28 Å². The number of phenols is 1. The molecule has 0 saturated heterocycles. The molecule has 0 aliphatic heterocycles. The summed E-state index contributed by atoms with van der Waals surface area (Å²) in [5, 5.41) is 13.3. The monoisotopic (exact) mass is 294 g/mol. The van der Waals surface area contributed by atoms with Crippen molar-refractivity contribution in [3.8, 4) is 5.75 Å². The van der Waals surface area contributed by atoms with E-state index in [0.29, 0.717) is 0 Å². The first-order chi connectivity index (χ1) is 10.2. The number of hydrogen-bond acceptors (Lipinski definition) is 2. The second-order valence-electron chi connectivity index (χ2n) is 5.66. The first-order valence-electron chi connectivity index (χ1n) is 7.36. The van der Waals surface area contributed by atoms with E-state index in [2.05, 4.69) is 25.1 Å². The van der Waals surface area contributed by atoms with Gasteiger partial charge in [-0.1, -0.05) is 37.2 Å². The van der Waals surface area contributed by atoms with Crippen LogP contribution in [0.5, 0.6) is 5.75 Å². The number of nitrogens with one attached hydrogen (secondary N) is 1. The Morgan fingerprint density at radius 3 is 2.32 bits per heavy atom. The van der Waals surface area contributed by atoms with E-state index in [9.17, 15) is 5.11 Å². The molecule has 0 saturated carbocycles. The second kappa shape index (κ2) is 7.74. The summed E-state index contributed by atoms with van der Waals surface area (Å²) in [7, 11) is 1.99. The molecular formula is C19H25BNO. The SMILES string of the molecule is C=C([B]/C(C)=C\C)c1cc(O)cc(C(=C)NC(C)C(=C)C)c1. The molecule has 1 atom stereocenters. The molecule has 0 aromatic heterocycles. The van der Waals surface area contributed by atoms with Crippen LogP contribution >= 0.6 is 0 Å². The van der Waals surface area contributed by atoms with Crippen LogP contribution in [-0.4, -0.2) is 18.4 Å². The Kier molecular flexibility index (Phi) is 6.30. The first kappa shape index (κ1) is 17.9. The summed E-state index contributed by atoms with van der Waals surface area (Å²) in [6.07, 6.45) is 2.02. The Morgan fingerprint density at radius 2 is 1.77 bits per heavy atom. The molecule has 2 N–H and O–H groups in total. The lowest BCUT2D eigenvalue weighted by Crippen LogP contribution is -2.24. The molecule has 0 bridgehead atoms. The van der Waals surface area contributed by atoms with Crippen LogP contribution in [0.1, 0.15) is 38.8 Å².